The molecule has 0 amide bonds. The number of benzene rings is 1. The second-order valence-electron chi connectivity index (χ2n) is 5.52. The van der Waals surface area contributed by atoms with Crippen LogP contribution >= 0.6 is 0 Å². The summed E-state index contributed by atoms with van der Waals surface area (Å²) in [5, 5.41) is 9.32. The summed E-state index contributed by atoms with van der Waals surface area (Å²) < 4.78 is 0. The van der Waals surface area contributed by atoms with Crippen molar-refractivity contribution in [1.29, 1.82) is 0 Å². The Labute approximate surface area is 105 Å². The van der Waals surface area contributed by atoms with Crippen LogP contribution in [0.15, 0.2) is 18.2 Å². The topological polar surface area (TPSA) is 20.2 Å². The molecule has 1 nitrogen and oxygen atoms in total. The first kappa shape index (κ1) is 12.6. The summed E-state index contributed by atoms with van der Waals surface area (Å²) in [6, 6.07) is 6.74. The van der Waals surface area contributed by atoms with Crippen LogP contribution in [-0.4, -0.2) is 11.7 Å². The molecule has 1 atom stereocenters. The van der Waals surface area contributed by atoms with E-state index in [1.807, 2.05) is 0 Å². The van der Waals surface area contributed by atoms with Crippen molar-refractivity contribution in [3.63, 3.8) is 0 Å². The zero-order valence-corrected chi connectivity index (χ0v) is 11.1. The summed E-state index contributed by atoms with van der Waals surface area (Å²) in [5.74, 6) is 1.37. The normalized spacial score (nSPS) is 18.5. The Morgan fingerprint density at radius 1 is 1.24 bits per heavy atom. The summed E-state index contributed by atoms with van der Waals surface area (Å²) in [7, 11) is 0. The molecule has 0 heterocycles. The fourth-order valence-electron chi connectivity index (χ4n) is 3.30. The van der Waals surface area contributed by atoms with E-state index in [9.17, 15) is 5.11 Å². The number of hydrogen-bond acceptors (Lipinski definition) is 1. The van der Waals surface area contributed by atoms with Gasteiger partial charge in [-0.3, -0.25) is 0 Å². The van der Waals surface area contributed by atoms with Crippen LogP contribution in [0.2, 0.25) is 0 Å². The lowest BCUT2D eigenvalue weighted by Crippen LogP contribution is -2.13. The predicted octanol–water partition coefficient (Wildman–Crippen LogP) is 3.96. The van der Waals surface area contributed by atoms with Crippen LogP contribution in [-0.2, 0) is 0 Å². The molecule has 1 fully saturated rings. The minimum absolute atomic E-state index is 0.314. The lowest BCUT2D eigenvalue weighted by Gasteiger charge is -2.25. The summed E-state index contributed by atoms with van der Waals surface area (Å²) in [6.45, 7) is 4.68. The van der Waals surface area contributed by atoms with Crippen LogP contribution in [0.5, 0.6) is 0 Å². The first-order valence-electron chi connectivity index (χ1n) is 6.90. The van der Waals surface area contributed by atoms with Crippen molar-refractivity contribution in [2.24, 2.45) is 5.92 Å². The van der Waals surface area contributed by atoms with E-state index in [1.54, 1.807) is 0 Å². The molecule has 0 aliphatic heterocycles. The van der Waals surface area contributed by atoms with Crippen molar-refractivity contribution < 1.29 is 5.11 Å². The van der Waals surface area contributed by atoms with Gasteiger partial charge in [-0.2, -0.15) is 0 Å². The Hall–Kier alpha value is -0.820. The molecule has 0 aromatic heterocycles. The Morgan fingerprint density at radius 2 is 1.94 bits per heavy atom. The van der Waals surface area contributed by atoms with Gasteiger partial charge in [0.15, 0.2) is 0 Å². The van der Waals surface area contributed by atoms with E-state index >= 15 is 0 Å². The van der Waals surface area contributed by atoms with Gasteiger partial charge in [0, 0.05) is 6.61 Å². The minimum atomic E-state index is 0.314. The van der Waals surface area contributed by atoms with Gasteiger partial charge in [-0.05, 0) is 56.1 Å². The van der Waals surface area contributed by atoms with Gasteiger partial charge in [0.2, 0.25) is 0 Å². The molecule has 0 spiro atoms. The third kappa shape index (κ3) is 2.90. The molecule has 0 radical (unpaired) electrons. The highest BCUT2D eigenvalue weighted by Crippen LogP contribution is 2.40. The van der Waals surface area contributed by atoms with E-state index in [0.29, 0.717) is 12.5 Å². The highest BCUT2D eigenvalue weighted by Gasteiger charge is 2.26. The van der Waals surface area contributed by atoms with Crippen molar-refractivity contribution in [1.82, 2.24) is 0 Å². The fourth-order valence-corrected chi connectivity index (χ4v) is 3.30. The molecule has 94 valence electrons. The van der Waals surface area contributed by atoms with Crippen LogP contribution < -0.4 is 0 Å². The standard InChI is InChI=1S/C16H24O/c1-12-7-8-13(2)16(11-12)15(9-10-17)14-5-3-4-6-14/h7-8,11,14-15,17H,3-6,9-10H2,1-2H3. The average Bonchev–Trinajstić information content (AvgIpc) is 2.83. The number of aliphatic hydroxyl groups is 1. The Bertz CT molecular complexity index is 364. The van der Waals surface area contributed by atoms with E-state index in [1.165, 1.54) is 42.4 Å². The third-order valence-electron chi connectivity index (χ3n) is 4.24. The van der Waals surface area contributed by atoms with E-state index in [2.05, 4.69) is 32.0 Å². The summed E-state index contributed by atoms with van der Waals surface area (Å²) in [4.78, 5) is 0. The molecular weight excluding hydrogens is 208 g/mol. The molecule has 1 aliphatic carbocycles. The average molecular weight is 232 g/mol. The zero-order valence-electron chi connectivity index (χ0n) is 11.1. The van der Waals surface area contributed by atoms with Crippen LogP contribution in [0.3, 0.4) is 0 Å². The Morgan fingerprint density at radius 3 is 2.59 bits per heavy atom. The molecule has 17 heavy (non-hydrogen) atoms. The number of aliphatic hydroxyl groups excluding tert-OH is 1. The summed E-state index contributed by atoms with van der Waals surface area (Å²) >= 11 is 0. The molecule has 1 N–H and O–H groups in total. The molecule has 2 rings (SSSR count). The molecule has 1 aromatic rings. The van der Waals surface area contributed by atoms with Gasteiger partial charge in [0.25, 0.3) is 0 Å². The maximum Gasteiger partial charge on any atom is 0.0436 e. The molecule has 0 saturated heterocycles. The minimum Gasteiger partial charge on any atom is -0.396 e. The van der Waals surface area contributed by atoms with Crippen LogP contribution in [0, 0.1) is 19.8 Å². The van der Waals surface area contributed by atoms with Crippen LogP contribution in [0.4, 0.5) is 0 Å². The van der Waals surface area contributed by atoms with Gasteiger partial charge in [0.1, 0.15) is 0 Å². The van der Waals surface area contributed by atoms with E-state index in [4.69, 9.17) is 0 Å². The van der Waals surface area contributed by atoms with Crippen molar-refractivity contribution >= 4 is 0 Å². The van der Waals surface area contributed by atoms with Crippen molar-refractivity contribution in [3.8, 4) is 0 Å². The van der Waals surface area contributed by atoms with Crippen LogP contribution in [0.25, 0.3) is 0 Å². The fraction of sp³-hybridized carbons (Fsp3) is 0.625. The summed E-state index contributed by atoms with van der Waals surface area (Å²) in [6.07, 6.45) is 6.36. The lowest BCUT2D eigenvalue weighted by atomic mass is 9.80. The zero-order chi connectivity index (χ0) is 12.3. The Balaban J connectivity index is 2.27. The van der Waals surface area contributed by atoms with Crippen molar-refractivity contribution in [3.05, 3.63) is 34.9 Å². The van der Waals surface area contributed by atoms with Crippen LogP contribution in [0.1, 0.15) is 54.7 Å². The monoisotopic (exact) mass is 232 g/mol. The third-order valence-corrected chi connectivity index (χ3v) is 4.24. The quantitative estimate of drug-likeness (QED) is 0.833. The van der Waals surface area contributed by atoms with Gasteiger partial charge < -0.3 is 5.11 Å². The van der Waals surface area contributed by atoms with E-state index in [0.717, 1.165) is 12.3 Å². The Kier molecular flexibility index (Phi) is 4.22. The number of rotatable bonds is 4. The molecular formula is C16H24O. The van der Waals surface area contributed by atoms with Gasteiger partial charge in [-0.15, -0.1) is 0 Å². The van der Waals surface area contributed by atoms with Gasteiger partial charge in [-0.1, -0.05) is 36.6 Å². The lowest BCUT2D eigenvalue weighted by molar-refractivity contribution is 0.254. The smallest absolute Gasteiger partial charge is 0.0436 e. The number of hydrogen-bond donors (Lipinski definition) is 1. The first-order valence-corrected chi connectivity index (χ1v) is 6.90. The van der Waals surface area contributed by atoms with Gasteiger partial charge >= 0.3 is 0 Å². The molecule has 1 heteroatoms. The maximum atomic E-state index is 9.32. The maximum absolute atomic E-state index is 9.32. The predicted molar refractivity (Wildman–Crippen MR) is 72.3 cm³/mol. The second-order valence-corrected chi connectivity index (χ2v) is 5.52. The van der Waals surface area contributed by atoms with Gasteiger partial charge in [-0.25, -0.2) is 0 Å². The largest absolute Gasteiger partial charge is 0.396 e. The van der Waals surface area contributed by atoms with Crippen molar-refractivity contribution in [2.45, 2.75) is 51.9 Å². The first-order chi connectivity index (χ1) is 8.22. The molecule has 1 saturated carbocycles. The molecule has 1 aliphatic rings. The van der Waals surface area contributed by atoms with Crippen molar-refractivity contribution in [2.75, 3.05) is 6.61 Å². The highest BCUT2D eigenvalue weighted by molar-refractivity contribution is 5.34. The van der Waals surface area contributed by atoms with Gasteiger partial charge in [0.05, 0.1) is 0 Å². The highest BCUT2D eigenvalue weighted by atomic mass is 16.3. The number of aryl methyl sites for hydroxylation is 2. The molecule has 0 bridgehead atoms. The van der Waals surface area contributed by atoms with E-state index < -0.39 is 0 Å². The summed E-state index contributed by atoms with van der Waals surface area (Å²) in [5.41, 5.74) is 4.21. The molecule has 1 unspecified atom stereocenters. The second kappa shape index (κ2) is 5.68. The van der Waals surface area contributed by atoms with E-state index in [-0.39, 0.29) is 0 Å². The molecule has 1 aromatic carbocycles. The SMILES string of the molecule is Cc1ccc(C)c(C(CCO)C2CCCC2)c1.